The van der Waals surface area contributed by atoms with E-state index in [1.54, 1.807) is 4.90 Å². The van der Waals surface area contributed by atoms with Gasteiger partial charge < -0.3 is 10.2 Å². The largest absolute Gasteiger partial charge is 0.333 e. The molecule has 4 heteroatoms. The first-order valence-corrected chi connectivity index (χ1v) is 6.72. The van der Waals surface area contributed by atoms with E-state index < -0.39 is 0 Å². The quantitative estimate of drug-likeness (QED) is 0.906. The first-order chi connectivity index (χ1) is 9.08. The Morgan fingerprint density at radius 1 is 1.32 bits per heavy atom. The fourth-order valence-corrected chi connectivity index (χ4v) is 2.28. The maximum Gasteiger partial charge on any atom is 0.244 e. The van der Waals surface area contributed by atoms with Gasteiger partial charge >= 0.3 is 0 Å². The van der Waals surface area contributed by atoms with Crippen molar-refractivity contribution in [3.8, 4) is 0 Å². The molecule has 1 aromatic rings. The summed E-state index contributed by atoms with van der Waals surface area (Å²) in [5.41, 5.74) is 3.04. The highest BCUT2D eigenvalue weighted by molar-refractivity contribution is 5.95. The fraction of sp³-hybridized carbons (Fsp3) is 0.467. The summed E-state index contributed by atoms with van der Waals surface area (Å²) in [6.45, 7) is 4.85. The Bertz CT molecular complexity index is 497. The molecule has 1 heterocycles. The predicted octanol–water partition coefficient (Wildman–Crippen LogP) is 2.25. The Labute approximate surface area is 113 Å². The second-order valence-electron chi connectivity index (χ2n) is 5.07. The zero-order valence-electron chi connectivity index (χ0n) is 11.5. The van der Waals surface area contributed by atoms with Gasteiger partial charge in [-0.25, -0.2) is 0 Å². The molecule has 1 saturated heterocycles. The Morgan fingerprint density at radius 3 is 2.84 bits per heavy atom. The number of hydrogen-bond acceptors (Lipinski definition) is 2. The van der Waals surface area contributed by atoms with Crippen LogP contribution < -0.4 is 5.32 Å². The Kier molecular flexibility index (Phi) is 4.20. The summed E-state index contributed by atoms with van der Waals surface area (Å²) in [6.07, 6.45) is 2.49. The first-order valence-electron chi connectivity index (χ1n) is 6.72. The molecule has 0 aliphatic carbocycles. The van der Waals surface area contributed by atoms with Crippen LogP contribution in [0.1, 0.15) is 30.4 Å². The van der Waals surface area contributed by atoms with Crippen LogP contribution in [0.5, 0.6) is 0 Å². The van der Waals surface area contributed by atoms with E-state index in [4.69, 9.17) is 0 Å². The normalized spacial score (nSPS) is 15.5. The van der Waals surface area contributed by atoms with E-state index in [1.165, 1.54) is 0 Å². The number of aryl methyl sites for hydroxylation is 1. The number of anilines is 1. The van der Waals surface area contributed by atoms with Gasteiger partial charge in [0.15, 0.2) is 0 Å². The number of nitrogens with zero attached hydrogens (tertiary/aromatic N) is 1. The summed E-state index contributed by atoms with van der Waals surface area (Å²) in [5, 5.41) is 2.89. The standard InChI is InChI=1S/C15H20N2O2/c1-11-6-5-7-13(12(11)2)16-14(18)10-17-9-4-3-8-15(17)19/h5-7H,3-4,8-10H2,1-2H3,(H,16,18). The number of nitrogens with one attached hydrogen (secondary N) is 1. The van der Waals surface area contributed by atoms with Gasteiger partial charge in [-0.3, -0.25) is 9.59 Å². The van der Waals surface area contributed by atoms with Crippen molar-refractivity contribution < 1.29 is 9.59 Å². The smallest absolute Gasteiger partial charge is 0.244 e. The number of amides is 2. The summed E-state index contributed by atoms with van der Waals surface area (Å²) >= 11 is 0. The molecule has 0 spiro atoms. The topological polar surface area (TPSA) is 49.4 Å². The molecular formula is C15H20N2O2. The average Bonchev–Trinajstić information content (AvgIpc) is 2.38. The zero-order valence-corrected chi connectivity index (χ0v) is 11.5. The van der Waals surface area contributed by atoms with Gasteiger partial charge in [-0.15, -0.1) is 0 Å². The lowest BCUT2D eigenvalue weighted by atomic mass is 10.1. The van der Waals surface area contributed by atoms with Crippen molar-refractivity contribution >= 4 is 17.5 Å². The van der Waals surface area contributed by atoms with Crippen LogP contribution >= 0.6 is 0 Å². The molecule has 2 amide bonds. The van der Waals surface area contributed by atoms with Crippen LogP contribution in [0.25, 0.3) is 0 Å². The molecule has 1 fully saturated rings. The van der Waals surface area contributed by atoms with Crippen molar-refractivity contribution in [1.29, 1.82) is 0 Å². The third-order valence-electron chi connectivity index (χ3n) is 3.63. The second kappa shape index (κ2) is 5.87. The Balaban J connectivity index is 1.97. The van der Waals surface area contributed by atoms with Crippen LogP contribution in [0.3, 0.4) is 0 Å². The van der Waals surface area contributed by atoms with Crippen LogP contribution in [0.2, 0.25) is 0 Å². The minimum atomic E-state index is -0.121. The molecule has 0 atom stereocenters. The van der Waals surface area contributed by atoms with Gasteiger partial charge in [0.2, 0.25) is 11.8 Å². The molecule has 4 nitrogen and oxygen atoms in total. The minimum absolute atomic E-state index is 0.0855. The van der Waals surface area contributed by atoms with E-state index in [0.717, 1.165) is 29.7 Å². The van der Waals surface area contributed by atoms with E-state index in [-0.39, 0.29) is 18.4 Å². The summed E-state index contributed by atoms with van der Waals surface area (Å²) in [5.74, 6) is -0.0358. The lowest BCUT2D eigenvalue weighted by molar-refractivity contribution is -0.136. The number of piperidine rings is 1. The molecule has 1 N–H and O–H groups in total. The Hall–Kier alpha value is -1.84. The molecule has 19 heavy (non-hydrogen) atoms. The van der Waals surface area contributed by atoms with E-state index in [1.807, 2.05) is 32.0 Å². The summed E-state index contributed by atoms with van der Waals surface area (Å²) < 4.78 is 0. The van der Waals surface area contributed by atoms with Crippen molar-refractivity contribution in [2.45, 2.75) is 33.1 Å². The molecule has 102 valence electrons. The average molecular weight is 260 g/mol. The lowest BCUT2D eigenvalue weighted by Gasteiger charge is -2.26. The van der Waals surface area contributed by atoms with Gasteiger partial charge in [-0.05, 0) is 43.9 Å². The third-order valence-corrected chi connectivity index (χ3v) is 3.63. The summed E-state index contributed by atoms with van der Waals surface area (Å²) in [7, 11) is 0. The predicted molar refractivity (Wildman–Crippen MR) is 75.0 cm³/mol. The highest BCUT2D eigenvalue weighted by Crippen LogP contribution is 2.18. The van der Waals surface area contributed by atoms with E-state index >= 15 is 0 Å². The highest BCUT2D eigenvalue weighted by Gasteiger charge is 2.20. The Morgan fingerprint density at radius 2 is 2.11 bits per heavy atom. The van der Waals surface area contributed by atoms with Crippen molar-refractivity contribution in [2.24, 2.45) is 0 Å². The lowest BCUT2D eigenvalue weighted by Crippen LogP contribution is -2.40. The molecule has 1 aliphatic heterocycles. The molecule has 1 aliphatic rings. The highest BCUT2D eigenvalue weighted by atomic mass is 16.2. The monoisotopic (exact) mass is 260 g/mol. The van der Waals surface area contributed by atoms with Crippen molar-refractivity contribution in [3.05, 3.63) is 29.3 Å². The number of benzene rings is 1. The molecule has 0 aromatic heterocycles. The number of rotatable bonds is 3. The number of hydrogen-bond donors (Lipinski definition) is 1. The van der Waals surface area contributed by atoms with Crippen LogP contribution in [0.4, 0.5) is 5.69 Å². The SMILES string of the molecule is Cc1cccc(NC(=O)CN2CCCCC2=O)c1C. The molecule has 1 aromatic carbocycles. The van der Waals surface area contributed by atoms with Crippen molar-refractivity contribution in [3.63, 3.8) is 0 Å². The van der Waals surface area contributed by atoms with Crippen LogP contribution in [-0.4, -0.2) is 29.8 Å². The van der Waals surface area contributed by atoms with Crippen LogP contribution in [-0.2, 0) is 9.59 Å². The van der Waals surface area contributed by atoms with Crippen LogP contribution in [0.15, 0.2) is 18.2 Å². The second-order valence-corrected chi connectivity index (χ2v) is 5.07. The summed E-state index contributed by atoms with van der Waals surface area (Å²) in [4.78, 5) is 25.3. The molecule has 0 unspecified atom stereocenters. The van der Waals surface area contributed by atoms with Gasteiger partial charge in [-0.2, -0.15) is 0 Å². The number of carbonyl (C=O) groups excluding carboxylic acids is 2. The van der Waals surface area contributed by atoms with Gasteiger partial charge in [0.05, 0.1) is 6.54 Å². The molecule has 0 radical (unpaired) electrons. The molecule has 0 bridgehead atoms. The molecule has 2 rings (SSSR count). The zero-order chi connectivity index (χ0) is 13.8. The minimum Gasteiger partial charge on any atom is -0.333 e. The van der Waals surface area contributed by atoms with Gasteiger partial charge in [0.25, 0.3) is 0 Å². The number of likely N-dealkylation sites (tertiary alicyclic amines) is 1. The van der Waals surface area contributed by atoms with E-state index in [9.17, 15) is 9.59 Å². The van der Waals surface area contributed by atoms with E-state index in [2.05, 4.69) is 5.32 Å². The number of carbonyl (C=O) groups is 2. The molecule has 0 saturated carbocycles. The first kappa shape index (κ1) is 13.6. The van der Waals surface area contributed by atoms with Gasteiger partial charge in [0, 0.05) is 18.7 Å². The summed E-state index contributed by atoms with van der Waals surface area (Å²) in [6, 6.07) is 5.82. The van der Waals surface area contributed by atoms with Crippen molar-refractivity contribution in [1.82, 2.24) is 4.90 Å². The fourth-order valence-electron chi connectivity index (χ4n) is 2.28. The van der Waals surface area contributed by atoms with Gasteiger partial charge in [-0.1, -0.05) is 12.1 Å². The maximum atomic E-state index is 12.0. The molecular weight excluding hydrogens is 240 g/mol. The third kappa shape index (κ3) is 3.34. The van der Waals surface area contributed by atoms with E-state index in [0.29, 0.717) is 13.0 Å². The maximum absolute atomic E-state index is 12.0. The van der Waals surface area contributed by atoms with Crippen molar-refractivity contribution in [2.75, 3.05) is 18.4 Å². The van der Waals surface area contributed by atoms with Gasteiger partial charge in [0.1, 0.15) is 0 Å². The van der Waals surface area contributed by atoms with Crippen LogP contribution in [0, 0.1) is 13.8 Å².